The van der Waals surface area contributed by atoms with Gasteiger partial charge in [-0.05, 0) is 37.4 Å². The van der Waals surface area contributed by atoms with Crippen molar-refractivity contribution in [3.63, 3.8) is 0 Å². The van der Waals surface area contributed by atoms with Crippen LogP contribution in [0.1, 0.15) is 24.8 Å². The van der Waals surface area contributed by atoms with Crippen LogP contribution in [0.15, 0.2) is 18.2 Å². The molecule has 0 spiro atoms. The van der Waals surface area contributed by atoms with Gasteiger partial charge in [0.15, 0.2) is 0 Å². The number of non-ortho nitro benzene ring substituents is 1. The average Bonchev–Trinajstić information content (AvgIpc) is 2.46. The highest BCUT2D eigenvalue weighted by Crippen LogP contribution is 2.22. The Morgan fingerprint density at radius 2 is 2.00 bits per heavy atom. The van der Waals surface area contributed by atoms with E-state index in [1.807, 2.05) is 6.07 Å². The zero-order chi connectivity index (χ0) is 14.8. The minimum Gasteiger partial charge on any atom is -0.496 e. The predicted molar refractivity (Wildman–Crippen MR) is 77.1 cm³/mol. The predicted octanol–water partition coefficient (Wildman–Crippen LogP) is 2.51. The molecule has 0 amide bonds. The Hall–Kier alpha value is -1.66. The summed E-state index contributed by atoms with van der Waals surface area (Å²) in [5, 5.41) is 14.1. The standard InChI is InChI=1S/C14H22N2O4/c1-19-7-5-3-4-6-15-11-12-8-13(16(17)18)10-14(9-12)20-2/h8-10,15H,3-7,11H2,1-2H3. The molecular formula is C14H22N2O4. The van der Waals surface area contributed by atoms with Crippen LogP contribution >= 0.6 is 0 Å². The number of benzene rings is 1. The van der Waals surface area contributed by atoms with Crippen LogP contribution in [-0.2, 0) is 11.3 Å². The molecular weight excluding hydrogens is 260 g/mol. The van der Waals surface area contributed by atoms with Gasteiger partial charge in [-0.3, -0.25) is 10.1 Å². The van der Waals surface area contributed by atoms with E-state index in [4.69, 9.17) is 9.47 Å². The van der Waals surface area contributed by atoms with Crippen LogP contribution in [0.2, 0.25) is 0 Å². The van der Waals surface area contributed by atoms with Crippen molar-refractivity contribution in [3.05, 3.63) is 33.9 Å². The molecule has 0 heterocycles. The first-order valence-corrected chi connectivity index (χ1v) is 6.69. The normalized spacial score (nSPS) is 10.5. The van der Waals surface area contributed by atoms with Gasteiger partial charge in [0.1, 0.15) is 5.75 Å². The summed E-state index contributed by atoms with van der Waals surface area (Å²) >= 11 is 0. The fourth-order valence-corrected chi connectivity index (χ4v) is 1.87. The van der Waals surface area contributed by atoms with E-state index < -0.39 is 4.92 Å². The Bertz CT molecular complexity index is 424. The van der Waals surface area contributed by atoms with Crippen molar-refractivity contribution in [2.75, 3.05) is 27.4 Å². The van der Waals surface area contributed by atoms with Gasteiger partial charge < -0.3 is 14.8 Å². The van der Waals surface area contributed by atoms with Gasteiger partial charge in [-0.2, -0.15) is 0 Å². The molecule has 112 valence electrons. The number of unbranched alkanes of at least 4 members (excludes halogenated alkanes) is 2. The third-order valence-corrected chi connectivity index (χ3v) is 2.93. The van der Waals surface area contributed by atoms with E-state index in [0.717, 1.165) is 38.0 Å². The van der Waals surface area contributed by atoms with Gasteiger partial charge >= 0.3 is 0 Å². The Balaban J connectivity index is 2.39. The average molecular weight is 282 g/mol. The maximum absolute atomic E-state index is 10.8. The summed E-state index contributed by atoms with van der Waals surface area (Å²) in [6.07, 6.45) is 3.23. The third kappa shape index (κ3) is 5.99. The topological polar surface area (TPSA) is 73.6 Å². The molecule has 0 aromatic heterocycles. The van der Waals surface area contributed by atoms with Crippen molar-refractivity contribution in [1.29, 1.82) is 0 Å². The zero-order valence-electron chi connectivity index (χ0n) is 12.1. The Kier molecular flexibility index (Phi) is 7.60. The number of nitro benzene ring substituents is 1. The van der Waals surface area contributed by atoms with Gasteiger partial charge in [0.05, 0.1) is 18.1 Å². The van der Waals surface area contributed by atoms with Crippen LogP contribution in [0.4, 0.5) is 5.69 Å². The van der Waals surface area contributed by atoms with Crippen molar-refractivity contribution in [3.8, 4) is 5.75 Å². The molecule has 0 unspecified atom stereocenters. The molecule has 1 aromatic rings. The number of hydrogen-bond acceptors (Lipinski definition) is 5. The molecule has 6 nitrogen and oxygen atoms in total. The first-order valence-electron chi connectivity index (χ1n) is 6.69. The fraction of sp³-hybridized carbons (Fsp3) is 0.571. The van der Waals surface area contributed by atoms with Gasteiger partial charge in [0.2, 0.25) is 0 Å². The molecule has 1 aromatic carbocycles. The quantitative estimate of drug-likeness (QED) is 0.405. The lowest BCUT2D eigenvalue weighted by molar-refractivity contribution is -0.385. The molecule has 0 aliphatic rings. The van der Waals surface area contributed by atoms with Crippen LogP contribution in [-0.4, -0.2) is 32.3 Å². The molecule has 0 fully saturated rings. The Morgan fingerprint density at radius 1 is 1.20 bits per heavy atom. The van der Waals surface area contributed by atoms with Gasteiger partial charge in [-0.15, -0.1) is 0 Å². The largest absolute Gasteiger partial charge is 0.496 e. The Labute approximate surface area is 119 Å². The highest BCUT2D eigenvalue weighted by molar-refractivity contribution is 5.42. The van der Waals surface area contributed by atoms with Gasteiger partial charge in [-0.25, -0.2) is 0 Å². The van der Waals surface area contributed by atoms with Crippen molar-refractivity contribution >= 4 is 5.69 Å². The van der Waals surface area contributed by atoms with E-state index in [0.29, 0.717) is 12.3 Å². The molecule has 6 heteroatoms. The number of nitro groups is 1. The number of nitrogens with one attached hydrogen (secondary N) is 1. The second kappa shape index (κ2) is 9.28. The summed E-state index contributed by atoms with van der Waals surface area (Å²) in [6.45, 7) is 2.28. The highest BCUT2D eigenvalue weighted by atomic mass is 16.6. The second-order valence-corrected chi connectivity index (χ2v) is 4.53. The molecule has 0 aliphatic carbocycles. The zero-order valence-corrected chi connectivity index (χ0v) is 12.1. The SMILES string of the molecule is COCCCCCNCc1cc(OC)cc([N+](=O)[O-])c1. The summed E-state index contributed by atoms with van der Waals surface area (Å²) in [7, 11) is 3.21. The van der Waals surface area contributed by atoms with E-state index in [1.54, 1.807) is 13.2 Å². The second-order valence-electron chi connectivity index (χ2n) is 4.53. The number of nitrogens with zero attached hydrogens (tertiary/aromatic N) is 1. The first kappa shape index (κ1) is 16.4. The lowest BCUT2D eigenvalue weighted by Crippen LogP contribution is -2.15. The molecule has 1 N–H and O–H groups in total. The smallest absolute Gasteiger partial charge is 0.273 e. The van der Waals surface area contributed by atoms with Gasteiger partial charge in [0.25, 0.3) is 5.69 Å². The van der Waals surface area contributed by atoms with Crippen molar-refractivity contribution < 1.29 is 14.4 Å². The minimum atomic E-state index is -0.406. The van der Waals surface area contributed by atoms with Gasteiger partial charge in [0, 0.05) is 26.3 Å². The summed E-state index contributed by atoms with van der Waals surface area (Å²) in [5.41, 5.74) is 0.911. The first-order chi connectivity index (χ1) is 9.67. The third-order valence-electron chi connectivity index (χ3n) is 2.93. The molecule has 0 aliphatic heterocycles. The van der Waals surface area contributed by atoms with Crippen molar-refractivity contribution in [2.45, 2.75) is 25.8 Å². The molecule has 0 atom stereocenters. The lowest BCUT2D eigenvalue weighted by Gasteiger charge is -2.07. The Morgan fingerprint density at radius 3 is 2.65 bits per heavy atom. The number of methoxy groups -OCH3 is 2. The molecule has 0 radical (unpaired) electrons. The highest BCUT2D eigenvalue weighted by Gasteiger charge is 2.09. The maximum Gasteiger partial charge on any atom is 0.273 e. The van der Waals surface area contributed by atoms with Crippen LogP contribution in [0.5, 0.6) is 5.75 Å². The van der Waals surface area contributed by atoms with Crippen LogP contribution in [0.25, 0.3) is 0 Å². The minimum absolute atomic E-state index is 0.0567. The monoisotopic (exact) mass is 282 g/mol. The number of ether oxygens (including phenoxy) is 2. The van der Waals surface area contributed by atoms with Crippen LogP contribution in [0.3, 0.4) is 0 Å². The van der Waals surface area contributed by atoms with E-state index >= 15 is 0 Å². The van der Waals surface area contributed by atoms with Gasteiger partial charge in [-0.1, -0.05) is 0 Å². The van der Waals surface area contributed by atoms with E-state index in [2.05, 4.69) is 5.32 Å². The van der Waals surface area contributed by atoms with E-state index in [1.165, 1.54) is 13.2 Å². The summed E-state index contributed by atoms with van der Waals surface area (Å²) in [4.78, 5) is 10.4. The molecule has 1 rings (SSSR count). The molecule has 0 bridgehead atoms. The lowest BCUT2D eigenvalue weighted by atomic mass is 10.2. The number of hydrogen-bond donors (Lipinski definition) is 1. The van der Waals surface area contributed by atoms with Crippen molar-refractivity contribution in [1.82, 2.24) is 5.32 Å². The van der Waals surface area contributed by atoms with E-state index in [9.17, 15) is 10.1 Å². The van der Waals surface area contributed by atoms with E-state index in [-0.39, 0.29) is 5.69 Å². The maximum atomic E-state index is 10.8. The number of rotatable bonds is 10. The van der Waals surface area contributed by atoms with Crippen LogP contribution < -0.4 is 10.1 Å². The summed E-state index contributed by atoms with van der Waals surface area (Å²) in [6, 6.07) is 4.81. The van der Waals surface area contributed by atoms with Crippen LogP contribution in [0, 0.1) is 10.1 Å². The molecule has 0 saturated heterocycles. The summed E-state index contributed by atoms with van der Waals surface area (Å²) < 4.78 is 10.1. The fourth-order valence-electron chi connectivity index (χ4n) is 1.87. The molecule has 20 heavy (non-hydrogen) atoms. The van der Waals surface area contributed by atoms with Crippen molar-refractivity contribution in [2.24, 2.45) is 0 Å². The molecule has 0 saturated carbocycles. The summed E-state index contributed by atoms with van der Waals surface area (Å²) in [5.74, 6) is 0.510.